The molecule has 3 heterocycles. The molecule has 0 saturated carbocycles. The molecule has 4 heteroatoms. The van der Waals surface area contributed by atoms with Crippen LogP contribution in [0.1, 0.15) is 19.3 Å². The average Bonchev–Trinajstić information content (AvgIpc) is 2.98. The quantitative estimate of drug-likeness (QED) is 0.734. The van der Waals surface area contributed by atoms with Crippen LogP contribution in [0.25, 0.3) is 0 Å². The minimum atomic E-state index is -0.343. The van der Waals surface area contributed by atoms with Crippen molar-refractivity contribution < 1.29 is 14.6 Å². The second-order valence-electron chi connectivity index (χ2n) is 5.28. The number of nitrogens with zero attached hydrogens (tertiary/aromatic N) is 1. The van der Waals surface area contributed by atoms with Crippen molar-refractivity contribution in [2.75, 3.05) is 32.9 Å². The van der Waals surface area contributed by atoms with Gasteiger partial charge in [-0.3, -0.25) is 4.90 Å². The molecule has 0 radical (unpaired) electrons. The van der Waals surface area contributed by atoms with Gasteiger partial charge in [0.2, 0.25) is 0 Å². The number of hydrogen-bond donors (Lipinski definition) is 1. The monoisotopic (exact) mass is 227 g/mol. The molecule has 1 N–H and O–H groups in total. The topological polar surface area (TPSA) is 41.9 Å². The number of hydrogen-bond acceptors (Lipinski definition) is 4. The Balaban J connectivity index is 1.58. The van der Waals surface area contributed by atoms with E-state index in [2.05, 4.69) is 4.90 Å². The fourth-order valence-corrected chi connectivity index (χ4v) is 3.18. The van der Waals surface area contributed by atoms with Crippen LogP contribution in [0.15, 0.2) is 0 Å². The molecule has 4 atom stereocenters. The summed E-state index contributed by atoms with van der Waals surface area (Å²) < 4.78 is 11.1. The Morgan fingerprint density at radius 3 is 3.00 bits per heavy atom. The molecule has 0 aromatic heterocycles. The highest BCUT2D eigenvalue weighted by Gasteiger charge is 2.38. The highest BCUT2D eigenvalue weighted by Crippen LogP contribution is 2.27. The standard InChI is InChI=1S/C12H21NO3/c14-12(9-3-5-15-7-9)11-6-13-4-1-2-10(13)8-16-11/h9-12,14H,1-8H2. The predicted octanol–water partition coefficient (Wildman–Crippen LogP) is 0.247. The van der Waals surface area contributed by atoms with E-state index in [-0.39, 0.29) is 18.1 Å². The Morgan fingerprint density at radius 1 is 1.25 bits per heavy atom. The lowest BCUT2D eigenvalue weighted by Gasteiger charge is -2.38. The van der Waals surface area contributed by atoms with Gasteiger partial charge >= 0.3 is 0 Å². The minimum absolute atomic E-state index is 0.000972. The van der Waals surface area contributed by atoms with Crippen molar-refractivity contribution in [3.63, 3.8) is 0 Å². The predicted molar refractivity (Wildman–Crippen MR) is 59.3 cm³/mol. The van der Waals surface area contributed by atoms with Crippen molar-refractivity contribution in [3.05, 3.63) is 0 Å². The van der Waals surface area contributed by atoms with Crippen LogP contribution in [0.3, 0.4) is 0 Å². The van der Waals surface area contributed by atoms with Crippen LogP contribution in [0.4, 0.5) is 0 Å². The van der Waals surface area contributed by atoms with Crippen LogP contribution in [0.5, 0.6) is 0 Å². The molecule has 3 fully saturated rings. The summed E-state index contributed by atoms with van der Waals surface area (Å²) in [5.74, 6) is 0.282. The zero-order chi connectivity index (χ0) is 11.0. The summed E-state index contributed by atoms with van der Waals surface area (Å²) in [7, 11) is 0. The van der Waals surface area contributed by atoms with Crippen LogP contribution in [0, 0.1) is 5.92 Å². The Bertz CT molecular complexity index is 242. The minimum Gasteiger partial charge on any atom is -0.390 e. The molecule has 4 unspecified atom stereocenters. The molecule has 3 aliphatic heterocycles. The summed E-state index contributed by atoms with van der Waals surface area (Å²) in [4.78, 5) is 2.48. The van der Waals surface area contributed by atoms with Gasteiger partial charge in [0.1, 0.15) is 0 Å². The maximum Gasteiger partial charge on any atom is 0.0964 e. The van der Waals surface area contributed by atoms with Gasteiger partial charge < -0.3 is 14.6 Å². The third-order valence-corrected chi connectivity index (χ3v) is 4.25. The number of rotatable bonds is 2. The number of ether oxygens (including phenoxy) is 2. The van der Waals surface area contributed by atoms with E-state index < -0.39 is 0 Å². The first-order valence-corrected chi connectivity index (χ1v) is 6.46. The van der Waals surface area contributed by atoms with Gasteiger partial charge in [0, 0.05) is 25.1 Å². The normalized spacial score (nSPS) is 42.2. The fourth-order valence-electron chi connectivity index (χ4n) is 3.18. The fraction of sp³-hybridized carbons (Fsp3) is 1.00. The van der Waals surface area contributed by atoms with Gasteiger partial charge in [-0.15, -0.1) is 0 Å². The van der Waals surface area contributed by atoms with Gasteiger partial charge in [0.25, 0.3) is 0 Å². The molecule has 92 valence electrons. The van der Waals surface area contributed by atoms with Crippen molar-refractivity contribution >= 4 is 0 Å². The zero-order valence-electron chi connectivity index (χ0n) is 9.68. The van der Waals surface area contributed by atoms with Crippen molar-refractivity contribution in [2.24, 2.45) is 5.92 Å². The van der Waals surface area contributed by atoms with Gasteiger partial charge in [0.15, 0.2) is 0 Å². The zero-order valence-corrected chi connectivity index (χ0v) is 9.68. The maximum absolute atomic E-state index is 10.3. The molecule has 3 rings (SSSR count). The van der Waals surface area contributed by atoms with Gasteiger partial charge in [-0.05, 0) is 25.8 Å². The SMILES string of the molecule is OC(C1CCOC1)C1CN2CCCC2CO1. The van der Waals surface area contributed by atoms with Crippen molar-refractivity contribution in [1.29, 1.82) is 0 Å². The van der Waals surface area contributed by atoms with Crippen molar-refractivity contribution in [3.8, 4) is 0 Å². The molecule has 3 saturated heterocycles. The Hall–Kier alpha value is -0.160. The molecular weight excluding hydrogens is 206 g/mol. The van der Waals surface area contributed by atoms with Gasteiger partial charge in [-0.25, -0.2) is 0 Å². The second-order valence-corrected chi connectivity index (χ2v) is 5.28. The first-order chi connectivity index (χ1) is 7.84. The van der Waals surface area contributed by atoms with Crippen molar-refractivity contribution in [2.45, 2.75) is 37.5 Å². The Labute approximate surface area is 96.5 Å². The lowest BCUT2D eigenvalue weighted by Crippen LogP contribution is -2.52. The first kappa shape index (κ1) is 11.0. The molecular formula is C12H21NO3. The summed E-state index contributed by atoms with van der Waals surface area (Å²) in [5.41, 5.74) is 0. The van der Waals surface area contributed by atoms with Crippen LogP contribution >= 0.6 is 0 Å². The number of aliphatic hydroxyl groups is 1. The largest absolute Gasteiger partial charge is 0.390 e. The maximum atomic E-state index is 10.3. The van der Waals surface area contributed by atoms with E-state index in [4.69, 9.17) is 9.47 Å². The molecule has 0 aliphatic carbocycles. The number of fused-ring (bicyclic) bond motifs is 1. The molecule has 16 heavy (non-hydrogen) atoms. The molecule has 0 bridgehead atoms. The molecule has 0 spiro atoms. The highest BCUT2D eigenvalue weighted by molar-refractivity contribution is 4.90. The van der Waals surface area contributed by atoms with E-state index >= 15 is 0 Å². The van der Waals surface area contributed by atoms with Gasteiger partial charge in [0.05, 0.1) is 25.4 Å². The molecule has 4 nitrogen and oxygen atoms in total. The third-order valence-electron chi connectivity index (χ3n) is 4.25. The summed E-state index contributed by atoms with van der Waals surface area (Å²) >= 11 is 0. The van der Waals surface area contributed by atoms with Crippen LogP contribution in [-0.4, -0.2) is 61.2 Å². The first-order valence-electron chi connectivity index (χ1n) is 6.46. The summed E-state index contributed by atoms with van der Waals surface area (Å²) in [6, 6.07) is 0.614. The lowest BCUT2D eigenvalue weighted by atomic mass is 9.96. The van der Waals surface area contributed by atoms with E-state index in [1.54, 1.807) is 0 Å². The van der Waals surface area contributed by atoms with Crippen molar-refractivity contribution in [1.82, 2.24) is 4.90 Å². The molecule has 0 amide bonds. The Morgan fingerprint density at radius 2 is 2.19 bits per heavy atom. The van der Waals surface area contributed by atoms with Crippen LogP contribution in [-0.2, 0) is 9.47 Å². The summed E-state index contributed by atoms with van der Waals surface area (Å²) in [6.45, 7) is 4.38. The second kappa shape index (κ2) is 4.61. The number of morpholine rings is 1. The van der Waals surface area contributed by atoms with E-state index in [9.17, 15) is 5.11 Å². The molecule has 0 aromatic carbocycles. The third kappa shape index (κ3) is 1.99. The van der Waals surface area contributed by atoms with E-state index in [0.717, 1.165) is 26.2 Å². The molecule has 0 aromatic rings. The van der Waals surface area contributed by atoms with Crippen LogP contribution in [0.2, 0.25) is 0 Å². The summed E-state index contributed by atoms with van der Waals surface area (Å²) in [5, 5.41) is 10.3. The smallest absolute Gasteiger partial charge is 0.0964 e. The van der Waals surface area contributed by atoms with Gasteiger partial charge in [-0.2, -0.15) is 0 Å². The average molecular weight is 227 g/mol. The number of aliphatic hydroxyl groups excluding tert-OH is 1. The van der Waals surface area contributed by atoms with E-state index in [0.29, 0.717) is 12.6 Å². The lowest BCUT2D eigenvalue weighted by molar-refractivity contribution is -0.117. The Kier molecular flexibility index (Phi) is 3.16. The highest BCUT2D eigenvalue weighted by atomic mass is 16.5. The van der Waals surface area contributed by atoms with E-state index in [1.165, 1.54) is 19.4 Å². The molecule has 3 aliphatic rings. The van der Waals surface area contributed by atoms with Gasteiger partial charge in [-0.1, -0.05) is 0 Å². The summed E-state index contributed by atoms with van der Waals surface area (Å²) in [6.07, 6.45) is 3.17. The van der Waals surface area contributed by atoms with E-state index in [1.807, 2.05) is 0 Å². The van der Waals surface area contributed by atoms with Crippen LogP contribution < -0.4 is 0 Å².